The van der Waals surface area contributed by atoms with E-state index in [-0.39, 0.29) is 34.6 Å². The number of carbonyl (C=O) groups excluding carboxylic acids is 2. The zero-order chi connectivity index (χ0) is 24.3. The van der Waals surface area contributed by atoms with Crippen LogP contribution in [0.4, 0.5) is 10.1 Å². The van der Waals surface area contributed by atoms with Gasteiger partial charge in [-0.25, -0.2) is 4.39 Å². The van der Waals surface area contributed by atoms with Gasteiger partial charge in [0.1, 0.15) is 5.82 Å². The fourth-order valence-electron chi connectivity index (χ4n) is 4.31. The number of carbonyl (C=O) groups is 2. The fourth-order valence-corrected chi connectivity index (χ4v) is 4.47. The molecule has 0 aliphatic carbocycles. The summed E-state index contributed by atoms with van der Waals surface area (Å²) < 4.78 is 14.2. The lowest BCUT2D eigenvalue weighted by molar-refractivity contribution is -0.129. The first-order chi connectivity index (χ1) is 15.6. The Bertz CT molecular complexity index is 1040. The molecule has 9 heteroatoms. The SMILES string of the molecule is CNC(=O)c1cc(Cl)c(F)cc1NC(=O)C1(c2ccccc2C(C)C)CN(CC(O)CN)C1. The van der Waals surface area contributed by atoms with Crippen molar-refractivity contribution in [1.82, 2.24) is 10.2 Å². The number of aliphatic hydroxyl groups is 1. The third-order valence-electron chi connectivity index (χ3n) is 6.04. The molecule has 1 atom stereocenters. The predicted octanol–water partition coefficient (Wildman–Crippen LogP) is 2.47. The van der Waals surface area contributed by atoms with Gasteiger partial charge in [-0.15, -0.1) is 0 Å². The second-order valence-corrected chi connectivity index (χ2v) is 9.14. The van der Waals surface area contributed by atoms with Crippen LogP contribution < -0.4 is 16.4 Å². The lowest BCUT2D eigenvalue weighted by Gasteiger charge is -2.50. The van der Waals surface area contributed by atoms with E-state index in [2.05, 4.69) is 24.5 Å². The maximum atomic E-state index is 14.2. The highest BCUT2D eigenvalue weighted by Crippen LogP contribution is 2.40. The van der Waals surface area contributed by atoms with E-state index in [0.717, 1.165) is 17.2 Å². The summed E-state index contributed by atoms with van der Waals surface area (Å²) in [5, 5.41) is 15.0. The van der Waals surface area contributed by atoms with Crippen molar-refractivity contribution in [2.75, 3.05) is 38.5 Å². The number of hydrogen-bond acceptors (Lipinski definition) is 5. The fraction of sp³-hybridized carbons (Fsp3) is 0.417. The van der Waals surface area contributed by atoms with Gasteiger partial charge in [0.25, 0.3) is 5.91 Å². The van der Waals surface area contributed by atoms with Gasteiger partial charge < -0.3 is 21.5 Å². The minimum Gasteiger partial charge on any atom is -0.390 e. The zero-order valence-electron chi connectivity index (χ0n) is 19.0. The molecule has 0 spiro atoms. The van der Waals surface area contributed by atoms with Crippen LogP contribution >= 0.6 is 11.6 Å². The van der Waals surface area contributed by atoms with Crippen molar-refractivity contribution in [2.24, 2.45) is 5.73 Å². The molecule has 1 aliphatic rings. The molecule has 1 heterocycles. The topological polar surface area (TPSA) is 108 Å². The average molecular weight is 477 g/mol. The van der Waals surface area contributed by atoms with Crippen molar-refractivity contribution < 1.29 is 19.1 Å². The largest absolute Gasteiger partial charge is 0.390 e. The minimum atomic E-state index is -0.939. The van der Waals surface area contributed by atoms with Gasteiger partial charge in [-0.2, -0.15) is 0 Å². The Kier molecular flexibility index (Phi) is 7.74. The molecule has 0 aromatic heterocycles. The molecule has 0 radical (unpaired) electrons. The molecule has 1 saturated heterocycles. The number of nitrogens with one attached hydrogen (secondary N) is 2. The van der Waals surface area contributed by atoms with Crippen LogP contribution in [0.2, 0.25) is 5.02 Å². The van der Waals surface area contributed by atoms with Crippen LogP contribution in [0.3, 0.4) is 0 Å². The summed E-state index contributed by atoms with van der Waals surface area (Å²) in [6.45, 7) is 5.27. The van der Waals surface area contributed by atoms with Gasteiger partial charge in [0.2, 0.25) is 5.91 Å². The standard InChI is InChI=1S/C24H30ClFN4O3/c1-14(2)16-6-4-5-7-18(16)24(12-30(13-24)11-15(31)10-27)23(33)29-21-9-20(26)19(25)8-17(21)22(32)28-3/h4-9,14-15,31H,10-13,27H2,1-3H3,(H,28,32)(H,29,33). The van der Waals surface area contributed by atoms with E-state index >= 15 is 0 Å². The van der Waals surface area contributed by atoms with E-state index in [1.54, 1.807) is 0 Å². The van der Waals surface area contributed by atoms with Gasteiger partial charge in [-0.3, -0.25) is 14.5 Å². The number of aliphatic hydroxyl groups excluding tert-OH is 1. The normalized spacial score (nSPS) is 16.2. The molecular weight excluding hydrogens is 447 g/mol. The summed E-state index contributed by atoms with van der Waals surface area (Å²) >= 11 is 5.88. The van der Waals surface area contributed by atoms with Crippen molar-refractivity contribution in [1.29, 1.82) is 0 Å². The van der Waals surface area contributed by atoms with Crippen LogP contribution in [-0.4, -0.2) is 61.2 Å². The summed E-state index contributed by atoms with van der Waals surface area (Å²) in [6, 6.07) is 9.98. The van der Waals surface area contributed by atoms with E-state index in [4.69, 9.17) is 17.3 Å². The van der Waals surface area contributed by atoms with Crippen LogP contribution in [0.1, 0.15) is 41.3 Å². The van der Waals surface area contributed by atoms with Crippen LogP contribution in [0.15, 0.2) is 36.4 Å². The number of amides is 2. The van der Waals surface area contributed by atoms with E-state index in [9.17, 15) is 19.1 Å². The Labute approximate surface area is 198 Å². The maximum Gasteiger partial charge on any atom is 0.253 e. The summed E-state index contributed by atoms with van der Waals surface area (Å²) in [6.07, 6.45) is -0.698. The second kappa shape index (κ2) is 10.2. The molecule has 1 unspecified atom stereocenters. The van der Waals surface area contributed by atoms with Gasteiger partial charge in [-0.05, 0) is 29.2 Å². The van der Waals surface area contributed by atoms with Gasteiger partial charge in [-0.1, -0.05) is 49.7 Å². The zero-order valence-corrected chi connectivity index (χ0v) is 19.7. The van der Waals surface area contributed by atoms with Crippen LogP contribution in [0.25, 0.3) is 0 Å². The number of hydrogen-bond donors (Lipinski definition) is 4. The number of nitrogens with two attached hydrogens (primary N) is 1. The Morgan fingerprint density at radius 1 is 1.27 bits per heavy atom. The highest BCUT2D eigenvalue weighted by molar-refractivity contribution is 6.31. The summed E-state index contributed by atoms with van der Waals surface area (Å²) in [5.41, 5.74) is 6.62. The molecule has 2 aromatic rings. The van der Waals surface area contributed by atoms with Crippen LogP contribution in [-0.2, 0) is 10.2 Å². The highest BCUT2D eigenvalue weighted by Gasteiger charge is 2.52. The Morgan fingerprint density at radius 3 is 2.55 bits per heavy atom. The van der Waals surface area contributed by atoms with Gasteiger partial charge in [0.15, 0.2) is 0 Å². The number of halogens is 2. The first kappa shape index (κ1) is 25.1. The van der Waals surface area contributed by atoms with Crippen molar-refractivity contribution in [3.8, 4) is 0 Å². The molecular formula is C24H30ClFN4O3. The molecule has 1 fully saturated rings. The lowest BCUT2D eigenvalue weighted by atomic mass is 9.69. The highest BCUT2D eigenvalue weighted by atomic mass is 35.5. The van der Waals surface area contributed by atoms with Gasteiger partial charge >= 0.3 is 0 Å². The van der Waals surface area contributed by atoms with Crippen LogP contribution in [0, 0.1) is 5.82 Å². The molecule has 1 aliphatic heterocycles. The molecule has 178 valence electrons. The smallest absolute Gasteiger partial charge is 0.253 e. The van der Waals surface area contributed by atoms with Gasteiger partial charge in [0, 0.05) is 33.2 Å². The molecule has 7 nitrogen and oxygen atoms in total. The molecule has 3 rings (SSSR count). The van der Waals surface area contributed by atoms with Crippen molar-refractivity contribution >= 4 is 29.1 Å². The lowest BCUT2D eigenvalue weighted by Crippen LogP contribution is -2.66. The molecule has 2 aromatic carbocycles. The van der Waals surface area contributed by atoms with E-state index in [1.165, 1.54) is 13.1 Å². The third kappa shape index (κ3) is 5.04. The first-order valence-corrected chi connectivity index (χ1v) is 11.2. The Balaban J connectivity index is 2.01. The summed E-state index contributed by atoms with van der Waals surface area (Å²) in [4.78, 5) is 28.0. The minimum absolute atomic E-state index is 0.0445. The molecule has 33 heavy (non-hydrogen) atoms. The monoisotopic (exact) mass is 476 g/mol. The quantitative estimate of drug-likeness (QED) is 0.468. The number of benzene rings is 2. The first-order valence-electron chi connectivity index (χ1n) is 10.9. The molecule has 0 bridgehead atoms. The summed E-state index contributed by atoms with van der Waals surface area (Å²) in [5.74, 6) is -1.42. The molecule has 5 N–H and O–H groups in total. The number of anilines is 1. The Hall–Kier alpha value is -2.52. The summed E-state index contributed by atoms with van der Waals surface area (Å²) in [7, 11) is 1.44. The number of nitrogens with zero attached hydrogens (tertiary/aromatic N) is 1. The van der Waals surface area contributed by atoms with Crippen LogP contribution in [0.5, 0.6) is 0 Å². The van der Waals surface area contributed by atoms with E-state index < -0.39 is 23.2 Å². The van der Waals surface area contributed by atoms with E-state index in [1.807, 2.05) is 29.2 Å². The van der Waals surface area contributed by atoms with Crippen molar-refractivity contribution in [2.45, 2.75) is 31.3 Å². The van der Waals surface area contributed by atoms with E-state index in [0.29, 0.717) is 19.6 Å². The van der Waals surface area contributed by atoms with Crippen molar-refractivity contribution in [3.05, 3.63) is 63.9 Å². The third-order valence-corrected chi connectivity index (χ3v) is 6.33. The number of likely N-dealkylation sites (tertiary alicyclic amines) is 1. The molecule has 0 saturated carbocycles. The second-order valence-electron chi connectivity index (χ2n) is 8.73. The number of β-amino-alcohol motifs (C(OH)–C–C–N with tert-alkyl or cyclic N) is 1. The maximum absolute atomic E-state index is 14.2. The average Bonchev–Trinajstić information content (AvgIpc) is 2.77. The van der Waals surface area contributed by atoms with Gasteiger partial charge in [0.05, 0.1) is 27.8 Å². The van der Waals surface area contributed by atoms with Crippen molar-refractivity contribution in [3.63, 3.8) is 0 Å². The molecule has 2 amide bonds. The predicted molar refractivity (Wildman–Crippen MR) is 127 cm³/mol. The Morgan fingerprint density at radius 2 is 1.94 bits per heavy atom. The number of rotatable bonds is 8.